The number of carboxylic acid groups (broad SMARTS) is 1. The number of carbonyl (C=O) groups is 2. The fourth-order valence-electron chi connectivity index (χ4n) is 2.82. The molecule has 3 N–H and O–H groups in total. The first-order valence-electron chi connectivity index (χ1n) is 8.22. The number of ether oxygens (including phenoxy) is 1. The van der Waals surface area contributed by atoms with E-state index in [9.17, 15) is 18.4 Å². The number of urea groups is 1. The van der Waals surface area contributed by atoms with Gasteiger partial charge in [-0.25, -0.2) is 13.6 Å². The van der Waals surface area contributed by atoms with Gasteiger partial charge in [-0.15, -0.1) is 0 Å². The van der Waals surface area contributed by atoms with Gasteiger partial charge in [-0.2, -0.15) is 0 Å². The highest BCUT2D eigenvalue weighted by molar-refractivity contribution is 5.89. The van der Waals surface area contributed by atoms with Crippen LogP contribution >= 0.6 is 0 Å². The summed E-state index contributed by atoms with van der Waals surface area (Å²) in [4.78, 5) is 22.9. The van der Waals surface area contributed by atoms with Crippen LogP contribution in [0.15, 0.2) is 12.1 Å². The molecular weight excluding hydrogens is 334 g/mol. The van der Waals surface area contributed by atoms with E-state index in [-0.39, 0.29) is 23.8 Å². The van der Waals surface area contributed by atoms with Crippen LogP contribution in [0.25, 0.3) is 0 Å². The molecule has 0 saturated heterocycles. The Morgan fingerprint density at radius 1 is 1.16 bits per heavy atom. The Morgan fingerprint density at radius 2 is 1.72 bits per heavy atom. The summed E-state index contributed by atoms with van der Waals surface area (Å²) in [7, 11) is 0. The number of hydrogen-bond donors (Lipinski definition) is 3. The van der Waals surface area contributed by atoms with Crippen LogP contribution in [0.1, 0.15) is 39.5 Å². The van der Waals surface area contributed by atoms with Gasteiger partial charge in [0, 0.05) is 23.9 Å². The second kappa shape index (κ2) is 8.13. The highest BCUT2D eigenvalue weighted by Crippen LogP contribution is 2.27. The number of aliphatic carboxylic acids is 1. The standard InChI is InChI=1S/C17H22F2N2O4/c1-9(2)25-15-13(18)7-12(8-14(15)19)21-17(24)20-11-5-3-10(4-6-11)16(22)23/h7-11H,3-6H2,1-2H3,(H,22,23)(H2,20,21,24). The third-order valence-corrected chi connectivity index (χ3v) is 4.02. The average Bonchev–Trinajstić information content (AvgIpc) is 2.51. The van der Waals surface area contributed by atoms with Crippen molar-refractivity contribution in [2.75, 3.05) is 5.32 Å². The van der Waals surface area contributed by atoms with Crippen molar-refractivity contribution in [3.8, 4) is 5.75 Å². The monoisotopic (exact) mass is 356 g/mol. The van der Waals surface area contributed by atoms with Crippen LogP contribution in [-0.2, 0) is 4.79 Å². The second-order valence-corrected chi connectivity index (χ2v) is 6.42. The molecule has 0 atom stereocenters. The molecule has 25 heavy (non-hydrogen) atoms. The molecule has 2 rings (SSSR count). The molecule has 1 aromatic rings. The molecule has 138 valence electrons. The number of carbonyl (C=O) groups excluding carboxylic acids is 1. The number of anilines is 1. The van der Waals surface area contributed by atoms with Crippen LogP contribution in [0.4, 0.5) is 19.3 Å². The lowest BCUT2D eigenvalue weighted by Crippen LogP contribution is -2.41. The minimum Gasteiger partial charge on any atom is -0.485 e. The number of halogens is 2. The first-order valence-corrected chi connectivity index (χ1v) is 8.22. The van der Waals surface area contributed by atoms with E-state index in [2.05, 4.69) is 10.6 Å². The zero-order valence-electron chi connectivity index (χ0n) is 14.1. The molecule has 0 radical (unpaired) electrons. The van der Waals surface area contributed by atoms with Gasteiger partial charge in [0.1, 0.15) is 0 Å². The van der Waals surface area contributed by atoms with Gasteiger partial charge in [-0.1, -0.05) is 0 Å². The van der Waals surface area contributed by atoms with Crippen molar-refractivity contribution in [2.24, 2.45) is 5.92 Å². The molecule has 0 heterocycles. The molecule has 6 nitrogen and oxygen atoms in total. The van der Waals surface area contributed by atoms with Gasteiger partial charge in [-0.05, 0) is 39.5 Å². The van der Waals surface area contributed by atoms with Gasteiger partial charge in [0.25, 0.3) is 0 Å². The lowest BCUT2D eigenvalue weighted by atomic mass is 9.86. The smallest absolute Gasteiger partial charge is 0.319 e. The molecule has 1 aliphatic carbocycles. The van der Waals surface area contributed by atoms with Gasteiger partial charge < -0.3 is 20.5 Å². The summed E-state index contributed by atoms with van der Waals surface area (Å²) < 4.78 is 32.9. The summed E-state index contributed by atoms with van der Waals surface area (Å²) in [6.07, 6.45) is 1.70. The number of amides is 2. The molecular formula is C17H22F2N2O4. The molecule has 0 spiro atoms. The summed E-state index contributed by atoms with van der Waals surface area (Å²) in [5, 5.41) is 14.0. The second-order valence-electron chi connectivity index (χ2n) is 6.42. The Morgan fingerprint density at radius 3 is 2.20 bits per heavy atom. The SMILES string of the molecule is CC(C)Oc1c(F)cc(NC(=O)NC2CCC(C(=O)O)CC2)cc1F. The van der Waals surface area contributed by atoms with Gasteiger partial charge in [0.15, 0.2) is 17.4 Å². The molecule has 1 fully saturated rings. The lowest BCUT2D eigenvalue weighted by Gasteiger charge is -2.26. The van der Waals surface area contributed by atoms with Gasteiger partial charge in [0.05, 0.1) is 12.0 Å². The molecule has 0 unspecified atom stereocenters. The van der Waals surface area contributed by atoms with Crippen molar-refractivity contribution < 1.29 is 28.2 Å². The number of rotatable bonds is 5. The largest absolute Gasteiger partial charge is 0.485 e. The molecule has 0 bridgehead atoms. The van der Waals surface area contributed by atoms with Crippen molar-refractivity contribution in [2.45, 2.75) is 51.7 Å². The van der Waals surface area contributed by atoms with Gasteiger partial charge >= 0.3 is 12.0 Å². The van der Waals surface area contributed by atoms with Gasteiger partial charge in [-0.3, -0.25) is 4.79 Å². The minimum absolute atomic E-state index is 0.0252. The first kappa shape index (κ1) is 19.0. The third kappa shape index (κ3) is 5.30. The van der Waals surface area contributed by atoms with Crippen molar-refractivity contribution in [1.29, 1.82) is 0 Å². The topological polar surface area (TPSA) is 87.7 Å². The van der Waals surface area contributed by atoms with E-state index in [1.54, 1.807) is 13.8 Å². The summed E-state index contributed by atoms with van der Waals surface area (Å²) in [6, 6.07) is 1.23. The van der Waals surface area contributed by atoms with E-state index in [0.717, 1.165) is 12.1 Å². The maximum absolute atomic E-state index is 13.9. The molecule has 0 aliphatic heterocycles. The fourth-order valence-corrected chi connectivity index (χ4v) is 2.82. The maximum Gasteiger partial charge on any atom is 0.319 e. The van der Waals surface area contributed by atoms with E-state index in [4.69, 9.17) is 9.84 Å². The van der Waals surface area contributed by atoms with E-state index >= 15 is 0 Å². The Bertz CT molecular complexity index is 621. The van der Waals surface area contributed by atoms with Crippen LogP contribution in [0, 0.1) is 17.6 Å². The zero-order chi connectivity index (χ0) is 18.6. The molecule has 1 aromatic carbocycles. The van der Waals surface area contributed by atoms with E-state index in [1.165, 1.54) is 0 Å². The predicted octanol–water partition coefficient (Wildman–Crippen LogP) is 3.52. The summed E-state index contributed by atoms with van der Waals surface area (Å²) in [6.45, 7) is 3.30. The summed E-state index contributed by atoms with van der Waals surface area (Å²) in [5.41, 5.74) is -0.0252. The molecule has 1 saturated carbocycles. The molecule has 2 amide bonds. The van der Waals surface area contributed by atoms with Crippen molar-refractivity contribution in [3.05, 3.63) is 23.8 Å². The van der Waals surface area contributed by atoms with E-state index < -0.39 is 29.4 Å². The van der Waals surface area contributed by atoms with Crippen LogP contribution in [0.5, 0.6) is 5.75 Å². The lowest BCUT2D eigenvalue weighted by molar-refractivity contribution is -0.142. The summed E-state index contributed by atoms with van der Waals surface area (Å²) in [5.74, 6) is -3.47. The Balaban J connectivity index is 1.92. The van der Waals surface area contributed by atoms with Gasteiger partial charge in [0.2, 0.25) is 0 Å². The van der Waals surface area contributed by atoms with Crippen molar-refractivity contribution in [1.82, 2.24) is 5.32 Å². The molecule has 8 heteroatoms. The Kier molecular flexibility index (Phi) is 6.17. The highest BCUT2D eigenvalue weighted by atomic mass is 19.1. The quantitative estimate of drug-likeness (QED) is 0.753. The number of benzene rings is 1. The van der Waals surface area contributed by atoms with E-state index in [0.29, 0.717) is 25.7 Å². The zero-order valence-corrected chi connectivity index (χ0v) is 14.1. The average molecular weight is 356 g/mol. The fraction of sp³-hybridized carbons (Fsp3) is 0.529. The van der Waals surface area contributed by atoms with Crippen LogP contribution < -0.4 is 15.4 Å². The molecule has 0 aromatic heterocycles. The van der Waals surface area contributed by atoms with Crippen molar-refractivity contribution in [3.63, 3.8) is 0 Å². The normalized spacial score (nSPS) is 20.2. The van der Waals surface area contributed by atoms with Crippen molar-refractivity contribution >= 4 is 17.7 Å². The molecule has 1 aliphatic rings. The van der Waals surface area contributed by atoms with E-state index in [1.807, 2.05) is 0 Å². The minimum atomic E-state index is -0.897. The number of hydrogen-bond acceptors (Lipinski definition) is 3. The van der Waals surface area contributed by atoms with Crippen LogP contribution in [0.2, 0.25) is 0 Å². The Labute approximate surface area is 144 Å². The maximum atomic E-state index is 13.9. The first-order chi connectivity index (χ1) is 11.8. The predicted molar refractivity (Wildman–Crippen MR) is 87.7 cm³/mol. The van der Waals surface area contributed by atoms with Crippen LogP contribution in [-0.4, -0.2) is 29.3 Å². The van der Waals surface area contributed by atoms with Crippen LogP contribution in [0.3, 0.4) is 0 Å². The number of carboxylic acids is 1. The number of nitrogens with one attached hydrogen (secondary N) is 2. The highest BCUT2D eigenvalue weighted by Gasteiger charge is 2.26. The Hall–Kier alpha value is -2.38. The third-order valence-electron chi connectivity index (χ3n) is 4.02. The summed E-state index contributed by atoms with van der Waals surface area (Å²) >= 11 is 0.